The fraction of sp³-hybridized carbons (Fsp3) is 0.846. The van der Waals surface area contributed by atoms with Crippen LogP contribution in [-0.4, -0.2) is 39.9 Å². The van der Waals surface area contributed by atoms with Gasteiger partial charge in [0.25, 0.3) is 0 Å². The Morgan fingerprint density at radius 3 is 2.72 bits per heavy atom. The Morgan fingerprint density at radius 1 is 1.50 bits per heavy atom. The Bertz CT molecular complexity index is 340. The molecule has 0 bridgehead atoms. The van der Waals surface area contributed by atoms with Crippen molar-refractivity contribution in [2.75, 3.05) is 18.8 Å². The number of thiocarbonyl (C=S) groups is 1. The molecule has 1 amide bonds. The van der Waals surface area contributed by atoms with Gasteiger partial charge in [0.2, 0.25) is 5.91 Å². The van der Waals surface area contributed by atoms with Crippen LogP contribution in [0.15, 0.2) is 0 Å². The van der Waals surface area contributed by atoms with Gasteiger partial charge in [0.05, 0.1) is 10.4 Å². The molecule has 1 aliphatic carbocycles. The third kappa shape index (κ3) is 2.52. The van der Waals surface area contributed by atoms with Crippen LogP contribution in [0, 0.1) is 5.41 Å². The lowest BCUT2D eigenvalue weighted by atomic mass is 9.84. The third-order valence-electron chi connectivity index (χ3n) is 4.22. The SMILES string of the molecule is CCC1CN(C(=O)C2(C(N)=S)CCCC2)CCS1. The first-order chi connectivity index (χ1) is 8.60. The first kappa shape index (κ1) is 14.1. The van der Waals surface area contributed by atoms with E-state index < -0.39 is 5.41 Å². The summed E-state index contributed by atoms with van der Waals surface area (Å²) in [6, 6.07) is 0. The van der Waals surface area contributed by atoms with Crippen molar-refractivity contribution < 1.29 is 4.79 Å². The zero-order valence-electron chi connectivity index (χ0n) is 11.0. The first-order valence-electron chi connectivity index (χ1n) is 6.81. The van der Waals surface area contributed by atoms with Crippen molar-refractivity contribution in [2.24, 2.45) is 11.1 Å². The Kier molecular flexibility index (Phi) is 4.54. The maximum atomic E-state index is 12.8. The van der Waals surface area contributed by atoms with Crippen molar-refractivity contribution in [2.45, 2.75) is 44.3 Å². The number of nitrogens with zero attached hydrogens (tertiary/aromatic N) is 1. The van der Waals surface area contributed by atoms with Gasteiger partial charge in [-0.05, 0) is 19.3 Å². The highest BCUT2D eigenvalue weighted by atomic mass is 32.2. The lowest BCUT2D eigenvalue weighted by molar-refractivity contribution is -0.138. The van der Waals surface area contributed by atoms with Gasteiger partial charge < -0.3 is 10.6 Å². The van der Waals surface area contributed by atoms with E-state index in [1.165, 1.54) is 0 Å². The third-order valence-corrected chi connectivity index (χ3v) is 5.98. The van der Waals surface area contributed by atoms with Gasteiger partial charge >= 0.3 is 0 Å². The smallest absolute Gasteiger partial charge is 0.235 e. The quantitative estimate of drug-likeness (QED) is 0.808. The van der Waals surface area contributed by atoms with Crippen LogP contribution in [-0.2, 0) is 4.79 Å². The van der Waals surface area contributed by atoms with Crippen LogP contribution in [0.25, 0.3) is 0 Å². The molecule has 1 atom stereocenters. The second-order valence-corrected chi connectivity index (χ2v) is 7.15. The van der Waals surface area contributed by atoms with Crippen molar-refractivity contribution in [3.05, 3.63) is 0 Å². The topological polar surface area (TPSA) is 46.3 Å². The molecule has 2 N–H and O–H groups in total. The second-order valence-electron chi connectivity index (χ2n) is 5.31. The summed E-state index contributed by atoms with van der Waals surface area (Å²) in [5, 5.41) is 0.576. The summed E-state index contributed by atoms with van der Waals surface area (Å²) in [6.45, 7) is 3.90. The standard InChI is InChI=1S/C13H22N2OS2/c1-2-10-9-15(7-8-18-10)12(16)13(11(14)17)5-3-4-6-13/h10H,2-9H2,1H3,(H2,14,17). The molecule has 1 saturated heterocycles. The van der Waals surface area contributed by atoms with Crippen LogP contribution < -0.4 is 5.73 Å². The maximum absolute atomic E-state index is 12.8. The molecule has 0 aromatic carbocycles. The zero-order chi connectivity index (χ0) is 13.2. The number of hydrogen-bond acceptors (Lipinski definition) is 3. The maximum Gasteiger partial charge on any atom is 0.235 e. The molecule has 3 nitrogen and oxygen atoms in total. The lowest BCUT2D eigenvalue weighted by Gasteiger charge is -2.38. The van der Waals surface area contributed by atoms with Crippen molar-refractivity contribution in [1.29, 1.82) is 0 Å². The van der Waals surface area contributed by atoms with Gasteiger partial charge in [-0.25, -0.2) is 0 Å². The molecule has 0 aromatic heterocycles. The molecular weight excluding hydrogens is 264 g/mol. The van der Waals surface area contributed by atoms with E-state index in [0.717, 1.165) is 50.9 Å². The number of amides is 1. The number of hydrogen-bond donors (Lipinski definition) is 1. The molecular formula is C13H22N2OS2. The molecule has 1 aliphatic heterocycles. The number of rotatable bonds is 3. The second kappa shape index (κ2) is 5.78. The fourth-order valence-electron chi connectivity index (χ4n) is 3.00. The molecule has 18 heavy (non-hydrogen) atoms. The predicted octanol–water partition coefficient (Wildman–Crippen LogP) is 2.19. The van der Waals surface area contributed by atoms with E-state index in [9.17, 15) is 4.79 Å². The van der Waals surface area contributed by atoms with E-state index in [1.807, 2.05) is 16.7 Å². The summed E-state index contributed by atoms with van der Waals surface area (Å²) >= 11 is 7.17. The first-order valence-corrected chi connectivity index (χ1v) is 8.27. The highest BCUT2D eigenvalue weighted by molar-refractivity contribution is 8.00. The summed E-state index contributed by atoms with van der Waals surface area (Å²) < 4.78 is 0. The van der Waals surface area contributed by atoms with E-state index >= 15 is 0 Å². The molecule has 102 valence electrons. The van der Waals surface area contributed by atoms with E-state index in [4.69, 9.17) is 18.0 Å². The lowest BCUT2D eigenvalue weighted by Crippen LogP contribution is -2.52. The predicted molar refractivity (Wildman–Crippen MR) is 80.8 cm³/mol. The van der Waals surface area contributed by atoms with E-state index in [1.54, 1.807) is 0 Å². The van der Waals surface area contributed by atoms with Gasteiger partial charge in [-0.3, -0.25) is 4.79 Å². The van der Waals surface area contributed by atoms with Gasteiger partial charge in [-0.15, -0.1) is 0 Å². The Labute approximate surface area is 119 Å². The molecule has 1 unspecified atom stereocenters. The number of nitrogens with two attached hydrogens (primary N) is 1. The van der Waals surface area contributed by atoms with Crippen molar-refractivity contribution in [3.63, 3.8) is 0 Å². The van der Waals surface area contributed by atoms with Gasteiger partial charge in [0, 0.05) is 24.1 Å². The summed E-state index contributed by atoms with van der Waals surface area (Å²) in [4.78, 5) is 15.2. The van der Waals surface area contributed by atoms with Gasteiger partial charge in [0.1, 0.15) is 0 Å². The molecule has 2 aliphatic rings. The van der Waals surface area contributed by atoms with Crippen molar-refractivity contribution in [3.8, 4) is 0 Å². The van der Waals surface area contributed by atoms with Gasteiger partial charge in [-0.1, -0.05) is 32.0 Å². The molecule has 0 spiro atoms. The molecule has 2 fully saturated rings. The number of thioether (sulfide) groups is 1. The minimum absolute atomic E-state index is 0.200. The average molecular weight is 286 g/mol. The number of carbonyl (C=O) groups excluding carboxylic acids is 1. The molecule has 1 heterocycles. The van der Waals surface area contributed by atoms with Crippen molar-refractivity contribution in [1.82, 2.24) is 4.90 Å². The summed E-state index contributed by atoms with van der Waals surface area (Å²) in [6.07, 6.45) is 4.96. The molecule has 0 radical (unpaired) electrons. The van der Waals surface area contributed by atoms with Crippen LogP contribution in [0.5, 0.6) is 0 Å². The highest BCUT2D eigenvalue weighted by Gasteiger charge is 2.46. The van der Waals surface area contributed by atoms with E-state index in [-0.39, 0.29) is 5.91 Å². The normalized spacial score (nSPS) is 27.2. The minimum Gasteiger partial charge on any atom is -0.392 e. The van der Waals surface area contributed by atoms with E-state index in [0.29, 0.717) is 10.2 Å². The Morgan fingerprint density at radius 2 is 2.17 bits per heavy atom. The minimum atomic E-state index is -0.518. The Hall–Kier alpha value is -0.290. The molecule has 2 rings (SSSR count). The zero-order valence-corrected chi connectivity index (χ0v) is 12.6. The summed E-state index contributed by atoms with van der Waals surface area (Å²) in [7, 11) is 0. The van der Waals surface area contributed by atoms with Crippen LogP contribution in [0.2, 0.25) is 0 Å². The number of carbonyl (C=O) groups is 1. The van der Waals surface area contributed by atoms with Gasteiger partial charge in [-0.2, -0.15) is 11.8 Å². The van der Waals surface area contributed by atoms with Crippen LogP contribution in [0.1, 0.15) is 39.0 Å². The average Bonchev–Trinajstić information content (AvgIpc) is 2.88. The molecule has 5 heteroatoms. The summed E-state index contributed by atoms with van der Waals surface area (Å²) in [5.74, 6) is 1.24. The van der Waals surface area contributed by atoms with Crippen LogP contribution >= 0.6 is 24.0 Å². The van der Waals surface area contributed by atoms with Crippen molar-refractivity contribution >= 4 is 34.9 Å². The molecule has 1 saturated carbocycles. The van der Waals surface area contributed by atoms with Gasteiger partial charge in [0.15, 0.2) is 0 Å². The monoisotopic (exact) mass is 286 g/mol. The van der Waals surface area contributed by atoms with Crippen LogP contribution in [0.3, 0.4) is 0 Å². The fourth-order valence-corrected chi connectivity index (χ4v) is 4.47. The van der Waals surface area contributed by atoms with Crippen LogP contribution in [0.4, 0.5) is 0 Å². The Balaban J connectivity index is 2.11. The highest BCUT2D eigenvalue weighted by Crippen LogP contribution is 2.41. The van der Waals surface area contributed by atoms with E-state index in [2.05, 4.69) is 6.92 Å². The summed E-state index contributed by atoms with van der Waals surface area (Å²) in [5.41, 5.74) is 5.37. The molecule has 0 aromatic rings. The largest absolute Gasteiger partial charge is 0.392 e.